The van der Waals surface area contributed by atoms with Gasteiger partial charge in [0.05, 0.1) is 11.5 Å². The molecule has 0 heterocycles. The maximum Gasteiger partial charge on any atom is 0.238 e. The minimum atomic E-state index is -4.14. The largest absolute Gasteiger partial charge is 0.487 e. The molecule has 0 aliphatic heterocycles. The van der Waals surface area contributed by atoms with Gasteiger partial charge in [-0.1, -0.05) is 19.3 Å². The summed E-state index contributed by atoms with van der Waals surface area (Å²) in [6.07, 6.45) is 5.35. The molecule has 1 aliphatic rings. The molecule has 1 saturated carbocycles. The molecule has 1 aromatic rings. The molecule has 2 N–H and O–H groups in total. The smallest absolute Gasteiger partial charge is 0.238 e. The molecule has 0 atom stereocenters. The Balaban J connectivity index is 2.12. The van der Waals surface area contributed by atoms with Gasteiger partial charge in [0.1, 0.15) is 0 Å². The number of rotatable bonds is 4. The number of nitrogens with two attached hydrogens (primary N) is 1. The Morgan fingerprint density at radius 3 is 2.20 bits per heavy atom. The first-order chi connectivity index (χ1) is 9.38. The molecule has 0 saturated heterocycles. The molecule has 0 spiro atoms. The van der Waals surface area contributed by atoms with E-state index in [0.717, 1.165) is 25.7 Å². The summed E-state index contributed by atoms with van der Waals surface area (Å²) >= 11 is 0. The molecule has 7 heteroatoms. The van der Waals surface area contributed by atoms with E-state index >= 15 is 0 Å². The SMILES string of the molecule is NS(=O)(=O)c1cc(F)c(OCC2CCCCC2)c(F)c1. The summed E-state index contributed by atoms with van der Waals surface area (Å²) < 4.78 is 54.7. The van der Waals surface area contributed by atoms with E-state index in [4.69, 9.17) is 9.88 Å². The van der Waals surface area contributed by atoms with E-state index in [0.29, 0.717) is 18.1 Å². The zero-order valence-corrected chi connectivity index (χ0v) is 11.8. The first-order valence-electron chi connectivity index (χ1n) is 6.52. The Morgan fingerprint density at radius 1 is 1.15 bits per heavy atom. The molecular formula is C13H17F2NO3S. The van der Waals surface area contributed by atoms with E-state index in [-0.39, 0.29) is 6.61 Å². The molecule has 20 heavy (non-hydrogen) atoms. The molecule has 4 nitrogen and oxygen atoms in total. The van der Waals surface area contributed by atoms with Gasteiger partial charge in [-0.2, -0.15) is 0 Å². The van der Waals surface area contributed by atoms with Crippen LogP contribution in [0.25, 0.3) is 0 Å². The van der Waals surface area contributed by atoms with E-state index in [1.165, 1.54) is 6.42 Å². The Bertz CT molecular complexity index is 560. The van der Waals surface area contributed by atoms with Crippen LogP contribution < -0.4 is 9.88 Å². The van der Waals surface area contributed by atoms with Gasteiger partial charge in [-0.05, 0) is 30.9 Å². The number of sulfonamides is 1. The predicted octanol–water partition coefficient (Wildman–Crippen LogP) is 2.57. The lowest BCUT2D eigenvalue weighted by Crippen LogP contribution is -2.17. The fourth-order valence-electron chi connectivity index (χ4n) is 2.39. The van der Waals surface area contributed by atoms with Crippen molar-refractivity contribution in [3.63, 3.8) is 0 Å². The molecule has 0 unspecified atom stereocenters. The van der Waals surface area contributed by atoms with Crippen LogP contribution >= 0.6 is 0 Å². The zero-order chi connectivity index (χ0) is 14.8. The van der Waals surface area contributed by atoms with Gasteiger partial charge >= 0.3 is 0 Å². The van der Waals surface area contributed by atoms with Crippen LogP contribution in [0.15, 0.2) is 17.0 Å². The van der Waals surface area contributed by atoms with Crippen LogP contribution in [0.5, 0.6) is 5.75 Å². The van der Waals surface area contributed by atoms with E-state index in [1.54, 1.807) is 0 Å². The third-order valence-electron chi connectivity index (χ3n) is 3.49. The topological polar surface area (TPSA) is 69.4 Å². The fourth-order valence-corrected chi connectivity index (χ4v) is 2.93. The number of halogens is 2. The van der Waals surface area contributed by atoms with E-state index in [1.807, 2.05) is 0 Å². The van der Waals surface area contributed by atoms with Crippen molar-refractivity contribution in [2.45, 2.75) is 37.0 Å². The van der Waals surface area contributed by atoms with Gasteiger partial charge in [-0.25, -0.2) is 22.3 Å². The van der Waals surface area contributed by atoms with Gasteiger partial charge in [0.15, 0.2) is 17.4 Å². The third kappa shape index (κ3) is 3.67. The number of hydrogen-bond acceptors (Lipinski definition) is 3. The van der Waals surface area contributed by atoms with E-state index in [2.05, 4.69) is 0 Å². The Hall–Kier alpha value is -1.21. The second kappa shape index (κ2) is 6.05. The van der Waals surface area contributed by atoms with Crippen LogP contribution in [0.4, 0.5) is 8.78 Å². The Kier molecular flexibility index (Phi) is 4.59. The highest BCUT2D eigenvalue weighted by molar-refractivity contribution is 7.89. The van der Waals surface area contributed by atoms with Crippen LogP contribution in [0.2, 0.25) is 0 Å². The molecule has 0 aromatic heterocycles. The van der Waals surface area contributed by atoms with Crippen LogP contribution in [0.3, 0.4) is 0 Å². The Morgan fingerprint density at radius 2 is 1.70 bits per heavy atom. The molecule has 1 aromatic carbocycles. The van der Waals surface area contributed by atoms with Crippen molar-refractivity contribution in [2.75, 3.05) is 6.61 Å². The maximum atomic E-state index is 13.7. The second-order valence-electron chi connectivity index (χ2n) is 5.08. The number of primary sulfonamides is 1. The van der Waals surface area contributed by atoms with Crippen LogP contribution in [0.1, 0.15) is 32.1 Å². The standard InChI is InChI=1S/C13H17F2NO3S/c14-11-6-10(20(16,17)18)7-12(15)13(11)19-8-9-4-2-1-3-5-9/h6-7,9H,1-5,8H2,(H2,16,17,18). The van der Waals surface area contributed by atoms with Crippen molar-refractivity contribution in [1.29, 1.82) is 0 Å². The van der Waals surface area contributed by atoms with Crippen molar-refractivity contribution in [3.05, 3.63) is 23.8 Å². The fraction of sp³-hybridized carbons (Fsp3) is 0.538. The van der Waals surface area contributed by atoms with E-state index < -0.39 is 32.3 Å². The third-order valence-corrected chi connectivity index (χ3v) is 4.38. The molecule has 0 bridgehead atoms. The normalized spacial score (nSPS) is 17.1. The van der Waals surface area contributed by atoms with Gasteiger partial charge in [0, 0.05) is 0 Å². The van der Waals surface area contributed by atoms with Gasteiger partial charge < -0.3 is 4.74 Å². The van der Waals surface area contributed by atoms with E-state index in [9.17, 15) is 17.2 Å². The molecule has 112 valence electrons. The summed E-state index contributed by atoms with van der Waals surface area (Å²) in [7, 11) is -4.14. The highest BCUT2D eigenvalue weighted by atomic mass is 32.2. The van der Waals surface area contributed by atoms with Crippen molar-refractivity contribution < 1.29 is 21.9 Å². The van der Waals surface area contributed by atoms with Crippen molar-refractivity contribution in [3.8, 4) is 5.75 Å². The van der Waals surface area contributed by atoms with Crippen molar-refractivity contribution in [1.82, 2.24) is 0 Å². The predicted molar refractivity (Wildman–Crippen MR) is 69.8 cm³/mol. The quantitative estimate of drug-likeness (QED) is 0.929. The number of ether oxygens (including phenoxy) is 1. The molecule has 1 fully saturated rings. The highest BCUT2D eigenvalue weighted by Gasteiger charge is 2.20. The van der Waals surface area contributed by atoms with Crippen molar-refractivity contribution in [2.24, 2.45) is 11.1 Å². The minimum absolute atomic E-state index is 0.239. The minimum Gasteiger partial charge on any atom is -0.487 e. The monoisotopic (exact) mass is 305 g/mol. The molecule has 0 radical (unpaired) electrons. The van der Waals surface area contributed by atoms with Gasteiger partial charge in [0.2, 0.25) is 10.0 Å². The average molecular weight is 305 g/mol. The first kappa shape index (κ1) is 15.2. The Labute approximate surface area is 117 Å². The number of benzene rings is 1. The molecule has 1 aliphatic carbocycles. The maximum absolute atomic E-state index is 13.7. The summed E-state index contributed by atoms with van der Waals surface area (Å²) in [6.45, 7) is 0.239. The summed E-state index contributed by atoms with van der Waals surface area (Å²) in [5.74, 6) is -2.35. The lowest BCUT2D eigenvalue weighted by Gasteiger charge is -2.22. The highest BCUT2D eigenvalue weighted by Crippen LogP contribution is 2.28. The first-order valence-corrected chi connectivity index (χ1v) is 8.07. The van der Waals surface area contributed by atoms with Gasteiger partial charge in [-0.15, -0.1) is 0 Å². The average Bonchev–Trinajstić information content (AvgIpc) is 2.37. The summed E-state index contributed by atoms with van der Waals surface area (Å²) in [4.78, 5) is -0.600. The molecule has 2 rings (SSSR count). The van der Waals surface area contributed by atoms with Crippen LogP contribution in [-0.4, -0.2) is 15.0 Å². The van der Waals surface area contributed by atoms with Crippen LogP contribution in [0, 0.1) is 17.6 Å². The lowest BCUT2D eigenvalue weighted by molar-refractivity contribution is 0.195. The number of hydrogen-bond donors (Lipinski definition) is 1. The molecular weight excluding hydrogens is 288 g/mol. The van der Waals surface area contributed by atoms with Gasteiger partial charge in [-0.3, -0.25) is 0 Å². The summed E-state index contributed by atoms with van der Waals surface area (Å²) in [5, 5.41) is 4.83. The second-order valence-corrected chi connectivity index (χ2v) is 6.64. The summed E-state index contributed by atoms with van der Waals surface area (Å²) in [6, 6.07) is 1.35. The zero-order valence-electron chi connectivity index (χ0n) is 10.9. The van der Waals surface area contributed by atoms with Crippen LogP contribution in [-0.2, 0) is 10.0 Å². The lowest BCUT2D eigenvalue weighted by atomic mass is 9.90. The van der Waals surface area contributed by atoms with Gasteiger partial charge in [0.25, 0.3) is 0 Å². The molecule has 0 amide bonds. The summed E-state index contributed by atoms with van der Waals surface area (Å²) in [5.41, 5.74) is 0. The van der Waals surface area contributed by atoms with Crippen molar-refractivity contribution >= 4 is 10.0 Å².